The molecule has 0 fully saturated rings. The normalized spacial score (nSPS) is 10.9. The maximum atomic E-state index is 5.96. The SMILES string of the molecule is CCCc1cccc(OCC(CCC)CCC)c1. The summed E-state index contributed by atoms with van der Waals surface area (Å²) in [6.07, 6.45) is 7.40. The zero-order valence-electron chi connectivity index (χ0n) is 12.2. The van der Waals surface area contributed by atoms with Crippen molar-refractivity contribution in [2.45, 2.75) is 59.3 Å². The van der Waals surface area contributed by atoms with E-state index in [1.807, 2.05) is 0 Å². The molecule has 0 aromatic heterocycles. The lowest BCUT2D eigenvalue weighted by molar-refractivity contribution is 0.229. The van der Waals surface area contributed by atoms with Crippen LogP contribution in [0.15, 0.2) is 24.3 Å². The van der Waals surface area contributed by atoms with E-state index in [-0.39, 0.29) is 0 Å². The second-order valence-corrected chi connectivity index (χ2v) is 5.15. The van der Waals surface area contributed by atoms with Gasteiger partial charge in [-0.05, 0) is 42.9 Å². The number of aryl methyl sites for hydroxylation is 1. The summed E-state index contributed by atoms with van der Waals surface area (Å²) in [4.78, 5) is 0. The molecule has 1 heteroatoms. The number of ether oxygens (including phenoxy) is 1. The first kappa shape index (κ1) is 15.1. The van der Waals surface area contributed by atoms with Gasteiger partial charge < -0.3 is 4.74 Å². The predicted octanol–water partition coefficient (Wildman–Crippen LogP) is 5.23. The lowest BCUT2D eigenvalue weighted by atomic mass is 9.99. The molecule has 0 heterocycles. The van der Waals surface area contributed by atoms with E-state index >= 15 is 0 Å². The van der Waals surface area contributed by atoms with Gasteiger partial charge in [0.1, 0.15) is 5.75 Å². The first-order valence-corrected chi connectivity index (χ1v) is 7.51. The standard InChI is InChI=1S/C17H28O/c1-4-8-15-11-7-12-17(13-15)18-14-16(9-5-2)10-6-3/h7,11-13,16H,4-6,8-10,14H2,1-3H3. The second-order valence-electron chi connectivity index (χ2n) is 5.15. The Morgan fingerprint density at radius 3 is 2.33 bits per heavy atom. The fourth-order valence-corrected chi connectivity index (χ4v) is 2.42. The van der Waals surface area contributed by atoms with Gasteiger partial charge in [0.05, 0.1) is 6.61 Å². The first-order chi connectivity index (χ1) is 8.80. The van der Waals surface area contributed by atoms with Crippen molar-refractivity contribution in [1.82, 2.24) is 0 Å². The van der Waals surface area contributed by atoms with Crippen LogP contribution in [0.5, 0.6) is 5.75 Å². The highest BCUT2D eigenvalue weighted by molar-refractivity contribution is 5.28. The van der Waals surface area contributed by atoms with Crippen LogP contribution in [0.2, 0.25) is 0 Å². The van der Waals surface area contributed by atoms with E-state index in [1.165, 1.54) is 37.7 Å². The van der Waals surface area contributed by atoms with Crippen molar-refractivity contribution >= 4 is 0 Å². The van der Waals surface area contributed by atoms with Crippen molar-refractivity contribution in [3.05, 3.63) is 29.8 Å². The van der Waals surface area contributed by atoms with Crippen molar-refractivity contribution in [3.63, 3.8) is 0 Å². The van der Waals surface area contributed by atoms with Crippen LogP contribution in [0, 0.1) is 5.92 Å². The molecular formula is C17H28O. The highest BCUT2D eigenvalue weighted by Gasteiger charge is 2.07. The van der Waals surface area contributed by atoms with Gasteiger partial charge in [0, 0.05) is 0 Å². The Hall–Kier alpha value is -0.980. The highest BCUT2D eigenvalue weighted by Crippen LogP contribution is 2.19. The van der Waals surface area contributed by atoms with Gasteiger partial charge in [0.2, 0.25) is 0 Å². The molecule has 0 unspecified atom stereocenters. The maximum absolute atomic E-state index is 5.96. The summed E-state index contributed by atoms with van der Waals surface area (Å²) in [6.45, 7) is 7.60. The van der Waals surface area contributed by atoms with E-state index < -0.39 is 0 Å². The molecule has 0 atom stereocenters. The minimum atomic E-state index is 0.717. The molecule has 0 bridgehead atoms. The molecule has 0 spiro atoms. The lowest BCUT2D eigenvalue weighted by Crippen LogP contribution is -2.11. The van der Waals surface area contributed by atoms with Crippen LogP contribution >= 0.6 is 0 Å². The first-order valence-electron chi connectivity index (χ1n) is 7.51. The average molecular weight is 248 g/mol. The number of rotatable bonds is 9. The van der Waals surface area contributed by atoms with E-state index in [1.54, 1.807) is 0 Å². The third kappa shape index (κ3) is 5.57. The molecule has 0 N–H and O–H groups in total. The third-order valence-corrected chi connectivity index (χ3v) is 3.32. The van der Waals surface area contributed by atoms with Crippen molar-refractivity contribution < 1.29 is 4.74 Å². The molecule has 1 rings (SSSR count). The Balaban J connectivity index is 2.47. The van der Waals surface area contributed by atoms with E-state index in [9.17, 15) is 0 Å². The fourth-order valence-electron chi connectivity index (χ4n) is 2.42. The Kier molecular flexibility index (Phi) is 7.55. The Morgan fingerprint density at radius 2 is 1.72 bits per heavy atom. The molecule has 0 aliphatic carbocycles. The summed E-state index contributed by atoms with van der Waals surface area (Å²) in [5.74, 6) is 1.76. The Bertz CT molecular complexity index is 313. The van der Waals surface area contributed by atoms with Gasteiger partial charge in [-0.25, -0.2) is 0 Å². The van der Waals surface area contributed by atoms with Gasteiger partial charge in [0.15, 0.2) is 0 Å². The van der Waals surface area contributed by atoms with Crippen molar-refractivity contribution in [3.8, 4) is 5.75 Å². The number of benzene rings is 1. The molecule has 1 nitrogen and oxygen atoms in total. The molecule has 0 saturated heterocycles. The minimum Gasteiger partial charge on any atom is -0.493 e. The summed E-state index contributed by atoms with van der Waals surface area (Å²) in [7, 11) is 0. The van der Waals surface area contributed by atoms with E-state index in [0.29, 0.717) is 0 Å². The third-order valence-electron chi connectivity index (χ3n) is 3.32. The van der Waals surface area contributed by atoms with Crippen molar-refractivity contribution in [2.24, 2.45) is 5.92 Å². The molecule has 0 aliphatic rings. The van der Waals surface area contributed by atoms with Gasteiger partial charge in [-0.1, -0.05) is 52.2 Å². The smallest absolute Gasteiger partial charge is 0.119 e. The molecule has 102 valence electrons. The molecule has 1 aromatic rings. The van der Waals surface area contributed by atoms with Crippen LogP contribution in [0.3, 0.4) is 0 Å². The van der Waals surface area contributed by atoms with Crippen LogP contribution in [-0.2, 0) is 6.42 Å². The predicted molar refractivity (Wildman–Crippen MR) is 79.2 cm³/mol. The van der Waals surface area contributed by atoms with Gasteiger partial charge in [0.25, 0.3) is 0 Å². The van der Waals surface area contributed by atoms with Crippen LogP contribution < -0.4 is 4.74 Å². The minimum absolute atomic E-state index is 0.717. The van der Waals surface area contributed by atoms with Gasteiger partial charge in [-0.3, -0.25) is 0 Å². The van der Waals surface area contributed by atoms with Crippen molar-refractivity contribution in [2.75, 3.05) is 6.61 Å². The molecule has 1 aromatic carbocycles. The van der Waals surface area contributed by atoms with E-state index in [4.69, 9.17) is 4.74 Å². The van der Waals surface area contributed by atoms with Crippen LogP contribution in [0.4, 0.5) is 0 Å². The monoisotopic (exact) mass is 248 g/mol. The molecule has 18 heavy (non-hydrogen) atoms. The topological polar surface area (TPSA) is 9.23 Å². The van der Waals surface area contributed by atoms with E-state index in [0.717, 1.165) is 24.7 Å². The van der Waals surface area contributed by atoms with Crippen molar-refractivity contribution in [1.29, 1.82) is 0 Å². The summed E-state index contributed by atoms with van der Waals surface area (Å²) >= 11 is 0. The summed E-state index contributed by atoms with van der Waals surface area (Å²) in [5, 5.41) is 0. The Morgan fingerprint density at radius 1 is 1.00 bits per heavy atom. The van der Waals surface area contributed by atoms with Gasteiger partial charge in [-0.15, -0.1) is 0 Å². The summed E-state index contributed by atoms with van der Waals surface area (Å²) in [6, 6.07) is 8.56. The van der Waals surface area contributed by atoms with Crippen LogP contribution in [0.1, 0.15) is 58.4 Å². The quantitative estimate of drug-likeness (QED) is 0.581. The zero-order valence-corrected chi connectivity index (χ0v) is 12.2. The van der Waals surface area contributed by atoms with Gasteiger partial charge >= 0.3 is 0 Å². The average Bonchev–Trinajstić information content (AvgIpc) is 2.37. The molecule has 0 saturated carbocycles. The highest BCUT2D eigenvalue weighted by atomic mass is 16.5. The largest absolute Gasteiger partial charge is 0.493 e. The maximum Gasteiger partial charge on any atom is 0.119 e. The Labute approximate surface area is 113 Å². The molecule has 0 radical (unpaired) electrons. The fraction of sp³-hybridized carbons (Fsp3) is 0.647. The molecular weight excluding hydrogens is 220 g/mol. The second kappa shape index (κ2) is 9.02. The lowest BCUT2D eigenvalue weighted by Gasteiger charge is -2.16. The van der Waals surface area contributed by atoms with E-state index in [2.05, 4.69) is 45.0 Å². The zero-order chi connectivity index (χ0) is 13.2. The van der Waals surface area contributed by atoms with Gasteiger partial charge in [-0.2, -0.15) is 0 Å². The molecule has 0 aliphatic heterocycles. The number of hydrogen-bond donors (Lipinski definition) is 0. The molecule has 0 amide bonds. The summed E-state index contributed by atoms with van der Waals surface area (Å²) in [5.41, 5.74) is 1.39. The van der Waals surface area contributed by atoms with Crippen LogP contribution in [0.25, 0.3) is 0 Å². The summed E-state index contributed by atoms with van der Waals surface area (Å²) < 4.78 is 5.96. The van der Waals surface area contributed by atoms with Crippen LogP contribution in [-0.4, -0.2) is 6.61 Å². The number of hydrogen-bond acceptors (Lipinski definition) is 1.